The first-order valence-corrected chi connectivity index (χ1v) is 5.60. The molecule has 1 N–H and O–H groups in total. The van der Waals surface area contributed by atoms with Crippen LogP contribution in [0.25, 0.3) is 0 Å². The Labute approximate surface area is 130 Å². The first kappa shape index (κ1) is 18.8. The molecule has 1 saturated carbocycles. The third-order valence-electron chi connectivity index (χ3n) is 2.88. The number of aliphatic hydroxyl groups is 1. The van der Waals surface area contributed by atoms with Crippen molar-refractivity contribution in [1.82, 2.24) is 0 Å². The maximum absolute atomic E-state index is 13.6. The SMILES string of the molecule is [CH2-]c1cc([N+](=O)[O-])cc(F)c1OC[C@@H](O)C1CC1.[CH3-].[Zn+2]. The molecule has 0 unspecified atom stereocenters. The second-order valence-electron chi connectivity index (χ2n) is 4.39. The van der Waals surface area contributed by atoms with Gasteiger partial charge in [-0.05, 0) is 18.8 Å². The van der Waals surface area contributed by atoms with Gasteiger partial charge in [0.25, 0.3) is 0 Å². The van der Waals surface area contributed by atoms with Crippen LogP contribution < -0.4 is 4.74 Å². The van der Waals surface area contributed by atoms with Gasteiger partial charge in [-0.15, -0.1) is 5.56 Å². The minimum absolute atomic E-state index is 0. The molecule has 1 aliphatic carbocycles. The van der Waals surface area contributed by atoms with Gasteiger partial charge in [-0.3, -0.25) is 10.1 Å². The normalized spacial score (nSPS) is 14.7. The predicted molar refractivity (Wildman–Crippen MR) is 68.2 cm³/mol. The van der Waals surface area contributed by atoms with Crippen LogP contribution in [0, 0.1) is 36.2 Å². The van der Waals surface area contributed by atoms with Gasteiger partial charge in [0.15, 0.2) is 0 Å². The first-order valence-electron chi connectivity index (χ1n) is 5.60. The van der Waals surface area contributed by atoms with Crippen LogP contribution in [0.4, 0.5) is 10.1 Å². The molecular formula is C13H16FNO4Zn. The monoisotopic (exact) mass is 333 g/mol. The van der Waals surface area contributed by atoms with Crippen molar-refractivity contribution in [2.75, 3.05) is 6.61 Å². The van der Waals surface area contributed by atoms with Crippen LogP contribution in [0.5, 0.6) is 5.75 Å². The summed E-state index contributed by atoms with van der Waals surface area (Å²) in [4.78, 5) is 9.82. The summed E-state index contributed by atoms with van der Waals surface area (Å²) in [6, 6.07) is 1.93. The number of non-ortho nitro benzene ring substituents is 1. The topological polar surface area (TPSA) is 72.6 Å². The summed E-state index contributed by atoms with van der Waals surface area (Å²) < 4.78 is 18.7. The van der Waals surface area contributed by atoms with Gasteiger partial charge in [0.05, 0.1) is 18.5 Å². The molecule has 0 aliphatic heterocycles. The molecule has 20 heavy (non-hydrogen) atoms. The minimum atomic E-state index is -0.836. The van der Waals surface area contributed by atoms with Crippen LogP contribution in [-0.4, -0.2) is 22.7 Å². The van der Waals surface area contributed by atoms with Crippen LogP contribution in [-0.2, 0) is 19.5 Å². The van der Waals surface area contributed by atoms with Crippen molar-refractivity contribution in [3.63, 3.8) is 0 Å². The molecule has 2 rings (SSSR count). The molecule has 1 aromatic carbocycles. The van der Waals surface area contributed by atoms with Gasteiger partial charge in [-0.2, -0.15) is 6.92 Å². The molecule has 5 nitrogen and oxygen atoms in total. The summed E-state index contributed by atoms with van der Waals surface area (Å²) >= 11 is 0. The van der Waals surface area contributed by atoms with E-state index in [0.717, 1.165) is 25.0 Å². The number of benzene rings is 1. The summed E-state index contributed by atoms with van der Waals surface area (Å²) in [5.74, 6) is -0.753. The van der Waals surface area contributed by atoms with Crippen molar-refractivity contribution in [3.05, 3.63) is 48.0 Å². The zero-order valence-electron chi connectivity index (χ0n) is 11.3. The number of nitro benzene ring substituents is 1. The number of rotatable bonds is 5. The van der Waals surface area contributed by atoms with E-state index >= 15 is 0 Å². The van der Waals surface area contributed by atoms with Gasteiger partial charge in [-0.25, -0.2) is 4.39 Å². The summed E-state index contributed by atoms with van der Waals surface area (Å²) in [6.45, 7) is 3.49. The van der Waals surface area contributed by atoms with E-state index in [9.17, 15) is 19.6 Å². The van der Waals surface area contributed by atoms with Crippen molar-refractivity contribution in [1.29, 1.82) is 0 Å². The molecular weight excluding hydrogens is 319 g/mol. The second kappa shape index (κ2) is 7.55. The average Bonchev–Trinajstić information content (AvgIpc) is 3.10. The van der Waals surface area contributed by atoms with Crippen LogP contribution >= 0.6 is 0 Å². The Morgan fingerprint density at radius 3 is 2.60 bits per heavy atom. The maximum Gasteiger partial charge on any atom is 2.00 e. The molecule has 0 amide bonds. The Morgan fingerprint density at radius 2 is 2.15 bits per heavy atom. The van der Waals surface area contributed by atoms with Gasteiger partial charge in [0, 0.05) is 11.0 Å². The summed E-state index contributed by atoms with van der Waals surface area (Å²) in [6.07, 6.45) is 1.27. The van der Waals surface area contributed by atoms with Crippen LogP contribution in [0.3, 0.4) is 0 Å². The molecule has 0 aromatic heterocycles. The van der Waals surface area contributed by atoms with Gasteiger partial charge in [0.2, 0.25) is 5.69 Å². The Hall–Kier alpha value is -1.20. The molecule has 0 radical (unpaired) electrons. The Morgan fingerprint density at radius 1 is 1.55 bits per heavy atom. The van der Waals surface area contributed by atoms with E-state index in [4.69, 9.17) is 4.74 Å². The van der Waals surface area contributed by atoms with E-state index in [2.05, 4.69) is 6.92 Å². The zero-order valence-corrected chi connectivity index (χ0v) is 14.3. The number of ether oxygens (including phenoxy) is 1. The molecule has 0 saturated heterocycles. The Balaban J connectivity index is 0.00000180. The van der Waals surface area contributed by atoms with Gasteiger partial charge in [-0.1, -0.05) is 6.07 Å². The fourth-order valence-corrected chi connectivity index (χ4v) is 1.69. The predicted octanol–water partition coefficient (Wildman–Crippen LogP) is 2.51. The second-order valence-corrected chi connectivity index (χ2v) is 4.39. The van der Waals surface area contributed by atoms with E-state index in [1.54, 1.807) is 0 Å². The number of nitrogens with zero attached hydrogens (tertiary/aromatic N) is 1. The largest absolute Gasteiger partial charge is 2.00 e. The minimum Gasteiger partial charge on any atom is -0.545 e. The molecule has 0 heterocycles. The van der Waals surface area contributed by atoms with E-state index in [1.165, 1.54) is 0 Å². The number of nitro groups is 1. The van der Waals surface area contributed by atoms with Crippen molar-refractivity contribution in [2.45, 2.75) is 18.9 Å². The smallest absolute Gasteiger partial charge is 0.545 e. The van der Waals surface area contributed by atoms with Crippen molar-refractivity contribution in [3.8, 4) is 5.75 Å². The van der Waals surface area contributed by atoms with E-state index < -0.39 is 16.8 Å². The van der Waals surface area contributed by atoms with E-state index in [-0.39, 0.29) is 56.4 Å². The fraction of sp³-hybridized carbons (Fsp3) is 0.385. The van der Waals surface area contributed by atoms with Crippen molar-refractivity contribution < 1.29 is 38.6 Å². The quantitative estimate of drug-likeness (QED) is 0.389. The van der Waals surface area contributed by atoms with Crippen LogP contribution in [0.2, 0.25) is 0 Å². The Bertz CT molecular complexity index is 456. The molecule has 1 aliphatic rings. The number of hydrogen-bond acceptors (Lipinski definition) is 4. The summed E-state index contributed by atoms with van der Waals surface area (Å²) in [5.41, 5.74) is -0.266. The van der Waals surface area contributed by atoms with Gasteiger partial charge in [0.1, 0.15) is 5.82 Å². The first-order chi connectivity index (χ1) is 8.49. The van der Waals surface area contributed by atoms with Gasteiger partial charge >= 0.3 is 19.5 Å². The van der Waals surface area contributed by atoms with Crippen molar-refractivity contribution >= 4 is 5.69 Å². The number of aliphatic hydroxyl groups excluding tert-OH is 1. The van der Waals surface area contributed by atoms with Gasteiger partial charge < -0.3 is 17.3 Å². The molecule has 0 spiro atoms. The zero-order chi connectivity index (χ0) is 13.3. The Kier molecular flexibility index (Phi) is 7.10. The van der Waals surface area contributed by atoms with E-state index in [0.29, 0.717) is 0 Å². The van der Waals surface area contributed by atoms with Crippen LogP contribution in [0.1, 0.15) is 18.4 Å². The molecule has 1 atom stereocenters. The number of hydrogen-bond donors (Lipinski definition) is 1. The fourth-order valence-electron chi connectivity index (χ4n) is 1.69. The average molecular weight is 335 g/mol. The van der Waals surface area contributed by atoms with Crippen LogP contribution in [0.15, 0.2) is 12.1 Å². The third kappa shape index (κ3) is 4.42. The standard InChI is InChI=1S/C12H13FNO4.CH3.Zn/c1-7-4-9(14(16)17)5-10(13)12(7)18-6-11(15)8-2-3-8;;/h4-5,8,11,15H,1-3,6H2;1H3;/q2*-1;+2/t11-;;/m1../s1. The molecule has 1 aromatic rings. The molecule has 1 fully saturated rings. The molecule has 106 valence electrons. The molecule has 0 bridgehead atoms. The number of halogens is 1. The van der Waals surface area contributed by atoms with E-state index in [1.807, 2.05) is 0 Å². The summed E-state index contributed by atoms with van der Waals surface area (Å²) in [7, 11) is 0. The third-order valence-corrected chi connectivity index (χ3v) is 2.88. The maximum atomic E-state index is 13.6. The van der Waals surface area contributed by atoms with Crippen molar-refractivity contribution in [2.24, 2.45) is 5.92 Å². The summed E-state index contributed by atoms with van der Waals surface area (Å²) in [5, 5.41) is 20.1. The molecule has 7 heteroatoms.